The van der Waals surface area contributed by atoms with Crippen LogP contribution in [0.15, 0.2) is 4.99 Å². The monoisotopic (exact) mass is 244 g/mol. The van der Waals surface area contributed by atoms with E-state index in [-0.39, 0.29) is 5.54 Å². The standard InChI is InChI=1S/C11H20N2S2/c1-11(2)8-15-10(13-11)12-7-9-5-3-4-6-14-9/h9H,3-8H2,1-2H3,(H,12,13). The highest BCUT2D eigenvalue weighted by atomic mass is 32.2. The highest BCUT2D eigenvalue weighted by Gasteiger charge is 2.27. The van der Waals surface area contributed by atoms with Gasteiger partial charge in [-0.25, -0.2) is 0 Å². The lowest BCUT2D eigenvalue weighted by atomic mass is 10.1. The van der Waals surface area contributed by atoms with E-state index in [1.807, 2.05) is 11.8 Å². The molecule has 2 saturated heterocycles. The van der Waals surface area contributed by atoms with E-state index in [0.29, 0.717) is 0 Å². The molecule has 2 aliphatic heterocycles. The van der Waals surface area contributed by atoms with Crippen molar-refractivity contribution in [1.82, 2.24) is 5.32 Å². The fraction of sp³-hybridized carbons (Fsp3) is 0.909. The molecule has 86 valence electrons. The first-order valence-electron chi connectivity index (χ1n) is 5.73. The number of nitrogens with zero attached hydrogens (tertiary/aromatic N) is 1. The first kappa shape index (κ1) is 11.6. The first-order chi connectivity index (χ1) is 7.16. The SMILES string of the molecule is CC1(C)CSC(=NCC2CCCCS2)N1. The lowest BCUT2D eigenvalue weighted by Gasteiger charge is -2.19. The van der Waals surface area contributed by atoms with Gasteiger partial charge in [0.05, 0.1) is 6.54 Å². The van der Waals surface area contributed by atoms with Crippen molar-refractivity contribution in [2.24, 2.45) is 4.99 Å². The maximum absolute atomic E-state index is 4.69. The summed E-state index contributed by atoms with van der Waals surface area (Å²) in [4.78, 5) is 4.69. The third-order valence-electron chi connectivity index (χ3n) is 2.73. The molecule has 1 atom stereocenters. The summed E-state index contributed by atoms with van der Waals surface area (Å²) >= 11 is 3.97. The Bertz CT molecular complexity index is 245. The highest BCUT2D eigenvalue weighted by molar-refractivity contribution is 8.14. The smallest absolute Gasteiger partial charge is 0.157 e. The van der Waals surface area contributed by atoms with Crippen molar-refractivity contribution in [1.29, 1.82) is 0 Å². The summed E-state index contributed by atoms with van der Waals surface area (Å²) in [6.45, 7) is 5.48. The average Bonchev–Trinajstić information content (AvgIpc) is 2.57. The third kappa shape index (κ3) is 3.59. The molecule has 4 heteroatoms. The molecule has 15 heavy (non-hydrogen) atoms. The van der Waals surface area contributed by atoms with Gasteiger partial charge in [-0.1, -0.05) is 18.2 Å². The number of rotatable bonds is 2. The van der Waals surface area contributed by atoms with Gasteiger partial charge in [-0.15, -0.1) is 0 Å². The Balaban J connectivity index is 1.79. The van der Waals surface area contributed by atoms with Gasteiger partial charge >= 0.3 is 0 Å². The van der Waals surface area contributed by atoms with Gasteiger partial charge in [0.2, 0.25) is 0 Å². The molecule has 0 spiro atoms. The Kier molecular flexibility index (Phi) is 3.88. The maximum Gasteiger partial charge on any atom is 0.157 e. The molecule has 2 heterocycles. The summed E-state index contributed by atoms with van der Waals surface area (Å²) in [7, 11) is 0. The van der Waals surface area contributed by atoms with E-state index in [1.165, 1.54) is 25.0 Å². The number of hydrogen-bond acceptors (Lipinski definition) is 3. The number of amidine groups is 1. The molecule has 0 amide bonds. The van der Waals surface area contributed by atoms with Crippen LogP contribution in [0.25, 0.3) is 0 Å². The Hall–Kier alpha value is 0.170. The average molecular weight is 244 g/mol. The van der Waals surface area contributed by atoms with Gasteiger partial charge in [-0.3, -0.25) is 4.99 Å². The van der Waals surface area contributed by atoms with Gasteiger partial charge in [0.15, 0.2) is 5.17 Å². The van der Waals surface area contributed by atoms with Crippen LogP contribution >= 0.6 is 23.5 Å². The predicted molar refractivity (Wildman–Crippen MR) is 72.1 cm³/mol. The molecule has 0 saturated carbocycles. The second kappa shape index (κ2) is 5.00. The molecule has 0 bridgehead atoms. The topological polar surface area (TPSA) is 24.4 Å². The van der Waals surface area contributed by atoms with Crippen LogP contribution in [-0.2, 0) is 0 Å². The summed E-state index contributed by atoms with van der Waals surface area (Å²) in [5.41, 5.74) is 0.239. The molecule has 0 aliphatic carbocycles. The Labute approximate surface area is 101 Å². The fourth-order valence-electron chi connectivity index (χ4n) is 1.83. The number of thioether (sulfide) groups is 2. The summed E-state index contributed by atoms with van der Waals surface area (Å²) in [5, 5.41) is 5.41. The minimum atomic E-state index is 0.239. The van der Waals surface area contributed by atoms with Crippen molar-refractivity contribution in [3.8, 4) is 0 Å². The van der Waals surface area contributed by atoms with Crippen molar-refractivity contribution < 1.29 is 0 Å². The summed E-state index contributed by atoms with van der Waals surface area (Å²) in [5.74, 6) is 2.48. The van der Waals surface area contributed by atoms with Crippen LogP contribution in [0.1, 0.15) is 33.1 Å². The summed E-state index contributed by atoms with van der Waals surface area (Å²) in [6.07, 6.45) is 4.15. The van der Waals surface area contributed by atoms with E-state index in [1.54, 1.807) is 0 Å². The van der Waals surface area contributed by atoms with Crippen molar-refractivity contribution in [3.05, 3.63) is 0 Å². The van der Waals surface area contributed by atoms with Gasteiger partial charge < -0.3 is 5.32 Å². The van der Waals surface area contributed by atoms with E-state index in [2.05, 4.69) is 30.9 Å². The second-order valence-electron chi connectivity index (χ2n) is 4.93. The fourth-order valence-corrected chi connectivity index (χ4v) is 4.13. The van der Waals surface area contributed by atoms with E-state index < -0.39 is 0 Å². The molecule has 0 aromatic heterocycles. The molecule has 2 nitrogen and oxygen atoms in total. The minimum Gasteiger partial charge on any atom is -0.359 e. The molecular weight excluding hydrogens is 224 g/mol. The van der Waals surface area contributed by atoms with Crippen LogP contribution in [0, 0.1) is 0 Å². The minimum absolute atomic E-state index is 0.239. The first-order valence-corrected chi connectivity index (χ1v) is 7.76. The Morgan fingerprint density at radius 2 is 2.33 bits per heavy atom. The third-order valence-corrected chi connectivity index (χ3v) is 5.48. The second-order valence-corrected chi connectivity index (χ2v) is 7.30. The molecular formula is C11H20N2S2. The number of nitrogens with one attached hydrogen (secondary N) is 1. The maximum atomic E-state index is 4.69. The molecule has 0 aromatic rings. The van der Waals surface area contributed by atoms with Gasteiger partial charge in [0, 0.05) is 16.5 Å². The molecule has 1 unspecified atom stereocenters. The normalized spacial score (nSPS) is 32.9. The largest absolute Gasteiger partial charge is 0.359 e. The van der Waals surface area contributed by atoms with Crippen LogP contribution in [0.5, 0.6) is 0 Å². The van der Waals surface area contributed by atoms with Crippen LogP contribution in [0.4, 0.5) is 0 Å². The van der Waals surface area contributed by atoms with Crippen LogP contribution in [0.2, 0.25) is 0 Å². The predicted octanol–water partition coefficient (Wildman–Crippen LogP) is 2.74. The lowest BCUT2D eigenvalue weighted by molar-refractivity contribution is 0.536. The van der Waals surface area contributed by atoms with E-state index in [9.17, 15) is 0 Å². The number of hydrogen-bond donors (Lipinski definition) is 1. The van der Waals surface area contributed by atoms with Gasteiger partial charge in [0.1, 0.15) is 0 Å². The van der Waals surface area contributed by atoms with Crippen molar-refractivity contribution in [3.63, 3.8) is 0 Å². The van der Waals surface area contributed by atoms with Gasteiger partial charge in [0.25, 0.3) is 0 Å². The van der Waals surface area contributed by atoms with Crippen molar-refractivity contribution in [2.45, 2.75) is 43.9 Å². The van der Waals surface area contributed by atoms with Crippen molar-refractivity contribution >= 4 is 28.7 Å². The van der Waals surface area contributed by atoms with E-state index in [4.69, 9.17) is 4.99 Å². The zero-order valence-corrected chi connectivity index (χ0v) is 11.2. The number of aliphatic imine (C=N–C) groups is 1. The summed E-state index contributed by atoms with van der Waals surface area (Å²) in [6, 6.07) is 0. The van der Waals surface area contributed by atoms with Gasteiger partial charge in [-0.05, 0) is 32.4 Å². The zero-order valence-electron chi connectivity index (χ0n) is 9.58. The molecule has 1 N–H and O–H groups in total. The van der Waals surface area contributed by atoms with Crippen LogP contribution in [-0.4, -0.2) is 34.0 Å². The van der Waals surface area contributed by atoms with Gasteiger partial charge in [-0.2, -0.15) is 11.8 Å². The van der Waals surface area contributed by atoms with Crippen LogP contribution in [0.3, 0.4) is 0 Å². The highest BCUT2D eigenvalue weighted by Crippen LogP contribution is 2.26. The molecule has 2 aliphatic rings. The molecule has 0 aromatic carbocycles. The van der Waals surface area contributed by atoms with E-state index in [0.717, 1.165) is 22.7 Å². The van der Waals surface area contributed by atoms with Crippen molar-refractivity contribution in [2.75, 3.05) is 18.1 Å². The zero-order chi connectivity index (χ0) is 10.7. The lowest BCUT2D eigenvalue weighted by Crippen LogP contribution is -2.37. The molecule has 0 radical (unpaired) electrons. The Morgan fingerprint density at radius 3 is 2.93 bits per heavy atom. The summed E-state index contributed by atoms with van der Waals surface area (Å²) < 4.78 is 0. The quantitative estimate of drug-likeness (QED) is 0.808. The van der Waals surface area contributed by atoms with Crippen LogP contribution < -0.4 is 5.32 Å². The Morgan fingerprint density at radius 1 is 1.47 bits per heavy atom. The molecule has 2 fully saturated rings. The van der Waals surface area contributed by atoms with E-state index >= 15 is 0 Å². The molecule has 2 rings (SSSR count).